The van der Waals surface area contributed by atoms with Crippen molar-refractivity contribution in [3.63, 3.8) is 0 Å². The molecule has 0 aliphatic heterocycles. The Morgan fingerprint density at radius 3 is 2.89 bits per heavy atom. The van der Waals surface area contributed by atoms with Crippen molar-refractivity contribution < 1.29 is 13.9 Å². The molecule has 100 valence electrons. The van der Waals surface area contributed by atoms with Gasteiger partial charge in [0.15, 0.2) is 5.82 Å². The molecular weight excluding hydrogens is 251 g/mol. The van der Waals surface area contributed by atoms with Gasteiger partial charge in [-0.3, -0.25) is 4.79 Å². The number of carbonyl (C=O) groups excluding carboxylic acids is 1. The SMILES string of the molecule is COC(C)C(=O)Nc1ccc(-n2cncn2)c(F)c1. The Labute approximate surface area is 109 Å². The summed E-state index contributed by atoms with van der Waals surface area (Å²) in [6.45, 7) is 1.61. The van der Waals surface area contributed by atoms with E-state index in [1.54, 1.807) is 13.0 Å². The topological polar surface area (TPSA) is 69.0 Å². The van der Waals surface area contributed by atoms with Gasteiger partial charge < -0.3 is 10.1 Å². The number of anilines is 1. The van der Waals surface area contributed by atoms with Gasteiger partial charge in [0.05, 0.1) is 0 Å². The first-order valence-electron chi connectivity index (χ1n) is 5.60. The molecule has 0 saturated carbocycles. The lowest BCUT2D eigenvalue weighted by Gasteiger charge is -2.11. The third-order valence-electron chi connectivity index (χ3n) is 2.60. The van der Waals surface area contributed by atoms with Gasteiger partial charge in [-0.2, -0.15) is 5.10 Å². The van der Waals surface area contributed by atoms with Gasteiger partial charge in [-0.25, -0.2) is 14.1 Å². The molecule has 0 aliphatic carbocycles. The highest BCUT2D eigenvalue weighted by Crippen LogP contribution is 2.17. The van der Waals surface area contributed by atoms with E-state index in [2.05, 4.69) is 15.4 Å². The molecule has 0 spiro atoms. The zero-order valence-electron chi connectivity index (χ0n) is 10.5. The minimum Gasteiger partial charge on any atom is -0.372 e. The number of halogens is 1. The summed E-state index contributed by atoms with van der Waals surface area (Å²) in [5.41, 5.74) is 0.616. The monoisotopic (exact) mass is 264 g/mol. The van der Waals surface area contributed by atoms with Crippen LogP contribution in [0.25, 0.3) is 5.69 Å². The van der Waals surface area contributed by atoms with E-state index in [-0.39, 0.29) is 11.6 Å². The van der Waals surface area contributed by atoms with Crippen molar-refractivity contribution in [2.45, 2.75) is 13.0 Å². The average Bonchev–Trinajstić information content (AvgIpc) is 2.91. The molecule has 0 aliphatic rings. The van der Waals surface area contributed by atoms with Crippen molar-refractivity contribution >= 4 is 11.6 Å². The Balaban J connectivity index is 2.18. The van der Waals surface area contributed by atoms with Crippen molar-refractivity contribution in [3.05, 3.63) is 36.7 Å². The van der Waals surface area contributed by atoms with Crippen molar-refractivity contribution in [2.24, 2.45) is 0 Å². The fourth-order valence-electron chi connectivity index (χ4n) is 1.45. The number of benzene rings is 1. The van der Waals surface area contributed by atoms with Crippen LogP contribution in [-0.2, 0) is 9.53 Å². The molecule has 1 aromatic carbocycles. The molecule has 1 aromatic heterocycles. The van der Waals surface area contributed by atoms with Crippen LogP contribution < -0.4 is 5.32 Å². The van der Waals surface area contributed by atoms with E-state index in [4.69, 9.17) is 4.74 Å². The van der Waals surface area contributed by atoms with Gasteiger partial charge in [-0.05, 0) is 25.1 Å². The fraction of sp³-hybridized carbons (Fsp3) is 0.250. The summed E-state index contributed by atoms with van der Waals surface area (Å²) in [7, 11) is 1.43. The molecule has 0 saturated heterocycles. The molecule has 1 atom stereocenters. The first kappa shape index (κ1) is 13.2. The first-order chi connectivity index (χ1) is 9.11. The van der Waals surface area contributed by atoms with Crippen LogP contribution in [0.2, 0.25) is 0 Å². The Bertz CT molecular complexity index is 571. The van der Waals surface area contributed by atoms with E-state index >= 15 is 0 Å². The highest BCUT2D eigenvalue weighted by Gasteiger charge is 2.13. The predicted molar refractivity (Wildman–Crippen MR) is 66.4 cm³/mol. The minimum absolute atomic E-state index is 0.260. The summed E-state index contributed by atoms with van der Waals surface area (Å²) in [5.74, 6) is -0.844. The smallest absolute Gasteiger partial charge is 0.253 e. The Kier molecular flexibility index (Phi) is 3.86. The zero-order chi connectivity index (χ0) is 13.8. The average molecular weight is 264 g/mol. The lowest BCUT2D eigenvalue weighted by molar-refractivity contribution is -0.124. The summed E-state index contributed by atoms with van der Waals surface area (Å²) in [6.07, 6.45) is 2.11. The second-order valence-corrected chi connectivity index (χ2v) is 3.87. The summed E-state index contributed by atoms with van der Waals surface area (Å²) in [4.78, 5) is 15.3. The molecule has 2 aromatic rings. The van der Waals surface area contributed by atoms with Crippen LogP contribution in [-0.4, -0.2) is 33.9 Å². The molecular formula is C12H13FN4O2. The third kappa shape index (κ3) is 2.94. The van der Waals surface area contributed by atoms with Crippen molar-refractivity contribution in [1.29, 1.82) is 0 Å². The molecule has 2 rings (SSSR count). The van der Waals surface area contributed by atoms with E-state index in [1.165, 1.54) is 36.6 Å². The quantitative estimate of drug-likeness (QED) is 0.905. The van der Waals surface area contributed by atoms with Gasteiger partial charge in [0.1, 0.15) is 24.4 Å². The Morgan fingerprint density at radius 2 is 2.32 bits per heavy atom. The second kappa shape index (κ2) is 5.57. The van der Waals surface area contributed by atoms with Gasteiger partial charge in [0.2, 0.25) is 0 Å². The second-order valence-electron chi connectivity index (χ2n) is 3.87. The first-order valence-corrected chi connectivity index (χ1v) is 5.60. The standard InChI is InChI=1S/C12H13FN4O2/c1-8(19-2)12(18)16-9-3-4-11(10(13)5-9)17-7-14-6-15-17/h3-8H,1-2H3,(H,16,18). The van der Waals surface area contributed by atoms with Crippen molar-refractivity contribution in [2.75, 3.05) is 12.4 Å². The predicted octanol–water partition coefficient (Wildman–Crippen LogP) is 1.38. The molecule has 0 fully saturated rings. The molecule has 1 N–H and O–H groups in total. The van der Waals surface area contributed by atoms with E-state index < -0.39 is 11.9 Å². The summed E-state index contributed by atoms with van der Waals surface area (Å²) < 4.78 is 20.0. The molecule has 1 heterocycles. The maximum Gasteiger partial charge on any atom is 0.253 e. The number of nitrogens with zero attached hydrogens (tertiary/aromatic N) is 3. The lowest BCUT2D eigenvalue weighted by Crippen LogP contribution is -2.26. The molecule has 7 heteroatoms. The highest BCUT2D eigenvalue weighted by atomic mass is 19.1. The Morgan fingerprint density at radius 1 is 1.53 bits per heavy atom. The maximum atomic E-state index is 13.9. The third-order valence-corrected chi connectivity index (χ3v) is 2.60. The van der Waals surface area contributed by atoms with E-state index in [1.807, 2.05) is 0 Å². The van der Waals surface area contributed by atoms with Gasteiger partial charge in [0, 0.05) is 12.8 Å². The highest BCUT2D eigenvalue weighted by molar-refractivity contribution is 5.93. The number of hydrogen-bond donors (Lipinski definition) is 1. The van der Waals surface area contributed by atoms with Gasteiger partial charge in [0.25, 0.3) is 5.91 Å². The van der Waals surface area contributed by atoms with Gasteiger partial charge >= 0.3 is 0 Å². The van der Waals surface area contributed by atoms with Crippen LogP contribution >= 0.6 is 0 Å². The summed E-state index contributed by atoms with van der Waals surface area (Å²) in [5, 5.41) is 6.39. The number of hydrogen-bond acceptors (Lipinski definition) is 4. The maximum absolute atomic E-state index is 13.9. The largest absolute Gasteiger partial charge is 0.372 e. The normalized spacial score (nSPS) is 12.2. The number of aromatic nitrogens is 3. The summed E-state index contributed by atoms with van der Waals surface area (Å²) in [6, 6.07) is 4.31. The zero-order valence-corrected chi connectivity index (χ0v) is 10.5. The molecule has 1 unspecified atom stereocenters. The number of rotatable bonds is 4. The van der Waals surface area contributed by atoms with Gasteiger partial charge in [-0.15, -0.1) is 0 Å². The summed E-state index contributed by atoms with van der Waals surface area (Å²) >= 11 is 0. The van der Waals surface area contributed by atoms with Crippen LogP contribution in [0.5, 0.6) is 0 Å². The number of ether oxygens (including phenoxy) is 1. The van der Waals surface area contributed by atoms with Crippen LogP contribution in [0.4, 0.5) is 10.1 Å². The van der Waals surface area contributed by atoms with Gasteiger partial charge in [-0.1, -0.05) is 0 Å². The van der Waals surface area contributed by atoms with Crippen LogP contribution in [0, 0.1) is 5.82 Å². The van der Waals surface area contributed by atoms with E-state index in [0.29, 0.717) is 5.69 Å². The number of nitrogens with one attached hydrogen (secondary N) is 1. The van der Waals surface area contributed by atoms with Crippen molar-refractivity contribution in [3.8, 4) is 5.69 Å². The Hall–Kier alpha value is -2.28. The molecule has 6 nitrogen and oxygen atoms in total. The molecule has 1 amide bonds. The lowest BCUT2D eigenvalue weighted by atomic mass is 10.2. The molecule has 0 radical (unpaired) electrons. The van der Waals surface area contributed by atoms with E-state index in [0.717, 1.165) is 0 Å². The number of amides is 1. The number of carbonyl (C=O) groups is 1. The van der Waals surface area contributed by atoms with Crippen LogP contribution in [0.3, 0.4) is 0 Å². The molecule has 19 heavy (non-hydrogen) atoms. The van der Waals surface area contributed by atoms with E-state index in [9.17, 15) is 9.18 Å². The molecule has 0 bridgehead atoms. The van der Waals surface area contributed by atoms with Crippen LogP contribution in [0.15, 0.2) is 30.9 Å². The number of methoxy groups -OCH3 is 1. The van der Waals surface area contributed by atoms with Crippen molar-refractivity contribution in [1.82, 2.24) is 14.8 Å². The minimum atomic E-state index is -0.599. The fourth-order valence-corrected chi connectivity index (χ4v) is 1.45. The van der Waals surface area contributed by atoms with Crippen LogP contribution in [0.1, 0.15) is 6.92 Å².